The number of ether oxygens (including phenoxy) is 3. The summed E-state index contributed by atoms with van der Waals surface area (Å²) in [5.74, 6) is -0.172. The number of amides is 1. The Morgan fingerprint density at radius 3 is 2.70 bits per heavy atom. The Bertz CT molecular complexity index is 944. The number of benzene rings is 1. The van der Waals surface area contributed by atoms with Crippen molar-refractivity contribution in [3.8, 4) is 5.75 Å². The second-order valence-electron chi connectivity index (χ2n) is 7.07. The molecule has 0 spiro atoms. The number of hydrogen-bond donors (Lipinski definition) is 4. The molecule has 1 aliphatic heterocycles. The van der Waals surface area contributed by atoms with E-state index in [1.54, 1.807) is 19.1 Å². The molecule has 2 heterocycles. The lowest BCUT2D eigenvalue weighted by Crippen LogP contribution is -2.65. The Morgan fingerprint density at radius 1 is 1.23 bits per heavy atom. The predicted molar refractivity (Wildman–Crippen MR) is 104 cm³/mol. The van der Waals surface area contributed by atoms with Crippen LogP contribution in [0.3, 0.4) is 0 Å². The van der Waals surface area contributed by atoms with E-state index in [0.29, 0.717) is 5.58 Å². The molecule has 10 nitrogen and oxygen atoms in total. The fourth-order valence-corrected chi connectivity index (χ4v) is 3.33. The number of aryl methyl sites for hydroxylation is 1. The van der Waals surface area contributed by atoms with Crippen molar-refractivity contribution in [2.75, 3.05) is 19.8 Å². The largest absolute Gasteiger partial charge is 0.462 e. The van der Waals surface area contributed by atoms with Gasteiger partial charge in [-0.2, -0.15) is 0 Å². The molecule has 1 saturated heterocycles. The molecule has 1 aromatic carbocycles. The van der Waals surface area contributed by atoms with Gasteiger partial charge in [-0.1, -0.05) is 0 Å². The molecule has 3 rings (SSSR count). The molecule has 0 saturated carbocycles. The molecule has 4 N–H and O–H groups in total. The first kappa shape index (κ1) is 22.2. The monoisotopic (exact) mass is 423 g/mol. The van der Waals surface area contributed by atoms with Crippen molar-refractivity contribution in [3.63, 3.8) is 0 Å². The number of hydrogen-bond acceptors (Lipinski definition) is 9. The first-order valence-electron chi connectivity index (χ1n) is 9.48. The van der Waals surface area contributed by atoms with Crippen molar-refractivity contribution in [3.05, 3.63) is 40.2 Å². The maximum atomic E-state index is 11.7. The molecular formula is C20H25NO9. The van der Waals surface area contributed by atoms with Crippen LogP contribution in [0.15, 0.2) is 33.5 Å². The summed E-state index contributed by atoms with van der Waals surface area (Å²) in [6.07, 6.45) is -4.86. The highest BCUT2D eigenvalue weighted by molar-refractivity contribution is 5.81. The molecule has 3 unspecified atom stereocenters. The van der Waals surface area contributed by atoms with Crippen LogP contribution in [0, 0.1) is 6.92 Å². The number of aliphatic hydroxyl groups excluding tert-OH is 3. The Labute approximate surface area is 172 Å². The number of carbonyl (C=O) groups is 1. The minimum absolute atomic E-state index is 0.0341. The van der Waals surface area contributed by atoms with Crippen LogP contribution in [0.25, 0.3) is 11.0 Å². The third-order valence-electron chi connectivity index (χ3n) is 4.76. The second-order valence-corrected chi connectivity index (χ2v) is 7.07. The summed E-state index contributed by atoms with van der Waals surface area (Å²) in [4.78, 5) is 23.2. The van der Waals surface area contributed by atoms with E-state index >= 15 is 0 Å². The van der Waals surface area contributed by atoms with Crippen molar-refractivity contribution >= 4 is 16.9 Å². The van der Waals surface area contributed by atoms with Gasteiger partial charge in [0.05, 0.1) is 19.8 Å². The lowest BCUT2D eigenvalue weighted by molar-refractivity contribution is -0.247. The normalized spacial score (nSPS) is 26.5. The van der Waals surface area contributed by atoms with Gasteiger partial charge in [0.1, 0.15) is 35.7 Å². The van der Waals surface area contributed by atoms with Crippen LogP contribution < -0.4 is 15.7 Å². The van der Waals surface area contributed by atoms with Gasteiger partial charge in [-0.05, 0) is 24.6 Å². The average Bonchev–Trinajstić information content (AvgIpc) is 2.68. The third-order valence-corrected chi connectivity index (χ3v) is 4.76. The van der Waals surface area contributed by atoms with E-state index < -0.39 is 42.2 Å². The molecule has 1 aliphatic rings. The zero-order valence-corrected chi connectivity index (χ0v) is 16.6. The topological polar surface area (TPSA) is 148 Å². The van der Waals surface area contributed by atoms with Gasteiger partial charge in [-0.15, -0.1) is 0 Å². The lowest BCUT2D eigenvalue weighted by Gasteiger charge is -2.42. The van der Waals surface area contributed by atoms with Gasteiger partial charge in [0, 0.05) is 24.4 Å². The minimum atomic E-state index is -1.39. The van der Waals surface area contributed by atoms with Gasteiger partial charge >= 0.3 is 5.63 Å². The molecule has 10 heteroatoms. The zero-order chi connectivity index (χ0) is 21.8. The molecule has 1 amide bonds. The average molecular weight is 423 g/mol. The molecule has 5 atom stereocenters. The van der Waals surface area contributed by atoms with Crippen molar-refractivity contribution in [2.24, 2.45) is 0 Å². The zero-order valence-electron chi connectivity index (χ0n) is 16.6. The van der Waals surface area contributed by atoms with Gasteiger partial charge in [0.2, 0.25) is 12.2 Å². The standard InChI is InChI=1S/C20H25NO9/c1-10-7-16(24)29-14-8-12(3-4-13(10)14)28-20-17(21-11(2)23)19(26)18(25)15(30-20)9-27-6-5-22/h3-4,7-8,15,17-20,22,25-26H,5-6,9H2,1-2H3,(H,21,23)/t15?,17?,18-,19?,20-/m0/s1. The van der Waals surface area contributed by atoms with Crippen molar-refractivity contribution in [2.45, 2.75) is 44.5 Å². The maximum absolute atomic E-state index is 11.7. The molecule has 0 aliphatic carbocycles. The van der Waals surface area contributed by atoms with Gasteiger partial charge in [0.25, 0.3) is 0 Å². The maximum Gasteiger partial charge on any atom is 0.336 e. The molecule has 1 aromatic heterocycles. The van der Waals surface area contributed by atoms with Crippen LogP contribution in [0.5, 0.6) is 5.75 Å². The van der Waals surface area contributed by atoms with Gasteiger partial charge in [0.15, 0.2) is 0 Å². The van der Waals surface area contributed by atoms with Gasteiger partial charge in [-0.3, -0.25) is 4.79 Å². The molecule has 0 bridgehead atoms. The quantitative estimate of drug-likeness (QED) is 0.340. The molecule has 0 radical (unpaired) electrons. The highest BCUT2D eigenvalue weighted by Gasteiger charge is 2.46. The summed E-state index contributed by atoms with van der Waals surface area (Å²) >= 11 is 0. The van der Waals surface area contributed by atoms with E-state index in [9.17, 15) is 19.8 Å². The van der Waals surface area contributed by atoms with Crippen LogP contribution in [0.2, 0.25) is 0 Å². The van der Waals surface area contributed by atoms with Gasteiger partial charge < -0.3 is 39.3 Å². The van der Waals surface area contributed by atoms with Gasteiger partial charge in [-0.25, -0.2) is 4.79 Å². The van der Waals surface area contributed by atoms with Crippen molar-refractivity contribution in [1.82, 2.24) is 5.32 Å². The summed E-state index contributed by atoms with van der Waals surface area (Å²) in [6, 6.07) is 5.18. The number of carbonyl (C=O) groups excluding carboxylic acids is 1. The third kappa shape index (κ3) is 4.97. The van der Waals surface area contributed by atoms with Crippen LogP contribution in [0.4, 0.5) is 0 Å². The van der Waals surface area contributed by atoms with Crippen LogP contribution in [-0.2, 0) is 14.3 Å². The van der Waals surface area contributed by atoms with E-state index in [1.807, 2.05) is 0 Å². The second kappa shape index (κ2) is 9.54. The Kier molecular flexibility index (Phi) is 7.06. The summed E-state index contributed by atoms with van der Waals surface area (Å²) in [6.45, 7) is 2.77. The highest BCUT2D eigenvalue weighted by Crippen LogP contribution is 2.27. The summed E-state index contributed by atoms with van der Waals surface area (Å²) in [7, 11) is 0. The van der Waals surface area contributed by atoms with E-state index in [2.05, 4.69) is 5.32 Å². The first-order valence-corrected chi connectivity index (χ1v) is 9.48. The Hall–Kier alpha value is -2.50. The van der Waals surface area contributed by atoms with E-state index in [-0.39, 0.29) is 25.6 Å². The fraction of sp³-hybridized carbons (Fsp3) is 0.500. The summed E-state index contributed by atoms with van der Waals surface area (Å²) in [5, 5.41) is 32.9. The number of nitrogens with one attached hydrogen (secondary N) is 1. The first-order chi connectivity index (χ1) is 14.3. The summed E-state index contributed by atoms with van der Waals surface area (Å²) < 4.78 is 22.0. The van der Waals surface area contributed by atoms with E-state index in [4.69, 9.17) is 23.7 Å². The van der Waals surface area contributed by atoms with Crippen LogP contribution >= 0.6 is 0 Å². The van der Waals surface area contributed by atoms with Crippen LogP contribution in [0.1, 0.15) is 12.5 Å². The van der Waals surface area contributed by atoms with Crippen LogP contribution in [-0.4, -0.2) is 71.7 Å². The fourth-order valence-electron chi connectivity index (χ4n) is 3.33. The van der Waals surface area contributed by atoms with Crippen molar-refractivity contribution < 1.29 is 38.7 Å². The van der Waals surface area contributed by atoms with Crippen molar-refractivity contribution in [1.29, 1.82) is 0 Å². The molecule has 1 fully saturated rings. The molecular weight excluding hydrogens is 398 g/mol. The minimum Gasteiger partial charge on any atom is -0.462 e. The number of rotatable bonds is 7. The van der Waals surface area contributed by atoms with E-state index in [1.165, 1.54) is 19.1 Å². The highest BCUT2D eigenvalue weighted by atomic mass is 16.7. The number of aliphatic hydroxyl groups is 3. The Morgan fingerprint density at radius 2 is 2.00 bits per heavy atom. The smallest absolute Gasteiger partial charge is 0.336 e. The lowest BCUT2D eigenvalue weighted by atomic mass is 9.97. The van der Waals surface area contributed by atoms with E-state index in [0.717, 1.165) is 10.9 Å². The number of fused-ring (bicyclic) bond motifs is 1. The molecule has 164 valence electrons. The predicted octanol–water partition coefficient (Wildman–Crippen LogP) is -0.559. The molecule has 30 heavy (non-hydrogen) atoms. The Balaban J connectivity index is 1.86. The SMILES string of the molecule is CC(=O)NC1C(O)[C@@H](O)C(COCCO)O[C@@H]1Oc1ccc2c(C)cc(=O)oc2c1. The molecule has 2 aromatic rings. The summed E-state index contributed by atoms with van der Waals surface area (Å²) in [5.41, 5.74) is 0.562.